The fourth-order valence-corrected chi connectivity index (χ4v) is 7.57. The molecule has 1 aromatic heterocycles. The highest BCUT2D eigenvalue weighted by Gasteiger charge is 2.56. The Morgan fingerprint density at radius 2 is 1.96 bits per heavy atom. The van der Waals surface area contributed by atoms with Crippen LogP contribution in [0.1, 0.15) is 64.4 Å². The van der Waals surface area contributed by atoms with Gasteiger partial charge in [0.05, 0.1) is 0 Å². The van der Waals surface area contributed by atoms with Gasteiger partial charge in [0.15, 0.2) is 0 Å². The second kappa shape index (κ2) is 5.42. The topological polar surface area (TPSA) is 17.1 Å². The first-order chi connectivity index (χ1) is 12.0. The van der Waals surface area contributed by atoms with Gasteiger partial charge in [0.25, 0.3) is 0 Å². The second-order valence-electron chi connectivity index (χ2n) is 9.30. The van der Waals surface area contributed by atoms with Gasteiger partial charge in [-0.1, -0.05) is 31.6 Å². The van der Waals surface area contributed by atoms with Gasteiger partial charge < -0.3 is 0 Å². The zero-order valence-corrected chi connectivity index (χ0v) is 16.2. The largest absolute Gasteiger partial charge is 0.299 e. The van der Waals surface area contributed by atoms with E-state index in [1.807, 2.05) is 11.3 Å². The van der Waals surface area contributed by atoms with Crippen molar-refractivity contribution in [2.45, 2.75) is 58.8 Å². The predicted molar refractivity (Wildman–Crippen MR) is 104 cm³/mol. The van der Waals surface area contributed by atoms with Crippen LogP contribution in [-0.4, -0.2) is 5.78 Å². The van der Waals surface area contributed by atoms with Crippen molar-refractivity contribution in [3.63, 3.8) is 0 Å². The molecule has 4 aliphatic carbocycles. The molecular formula is C23H28OS. The number of carbonyl (C=O) groups excluding carboxylic acids is 1. The van der Waals surface area contributed by atoms with Gasteiger partial charge in [-0.2, -0.15) is 11.3 Å². The maximum absolute atomic E-state index is 12.0. The summed E-state index contributed by atoms with van der Waals surface area (Å²) in [6, 6.07) is 2.31. The van der Waals surface area contributed by atoms with E-state index in [2.05, 4.69) is 42.8 Å². The molecule has 2 saturated carbocycles. The van der Waals surface area contributed by atoms with Crippen LogP contribution in [0.4, 0.5) is 0 Å². The summed E-state index contributed by atoms with van der Waals surface area (Å²) < 4.78 is 0. The Kier molecular flexibility index (Phi) is 3.48. The summed E-state index contributed by atoms with van der Waals surface area (Å²) >= 11 is 1.82. The molecule has 2 heteroatoms. The van der Waals surface area contributed by atoms with Gasteiger partial charge in [-0.05, 0) is 88.7 Å². The smallest absolute Gasteiger partial charge is 0.136 e. The van der Waals surface area contributed by atoms with E-state index in [1.54, 1.807) is 5.57 Å². The molecule has 0 aromatic carbocycles. The molecule has 0 spiro atoms. The van der Waals surface area contributed by atoms with Crippen LogP contribution in [0, 0.1) is 28.6 Å². The third-order valence-corrected chi connectivity index (χ3v) is 9.03. The van der Waals surface area contributed by atoms with E-state index in [4.69, 9.17) is 0 Å². The van der Waals surface area contributed by atoms with Gasteiger partial charge in [-0.25, -0.2) is 0 Å². The van der Waals surface area contributed by atoms with Crippen LogP contribution in [0.25, 0.3) is 5.57 Å². The Balaban J connectivity index is 1.49. The lowest BCUT2D eigenvalue weighted by Gasteiger charge is -2.57. The van der Waals surface area contributed by atoms with Crippen molar-refractivity contribution in [1.29, 1.82) is 0 Å². The minimum atomic E-state index is 0.295. The molecule has 1 aromatic rings. The number of rotatable bonds is 1. The van der Waals surface area contributed by atoms with Gasteiger partial charge in [0.1, 0.15) is 5.78 Å². The van der Waals surface area contributed by atoms with Gasteiger partial charge in [0.2, 0.25) is 0 Å². The van der Waals surface area contributed by atoms with E-state index in [1.165, 1.54) is 36.8 Å². The van der Waals surface area contributed by atoms with Crippen molar-refractivity contribution in [1.82, 2.24) is 0 Å². The van der Waals surface area contributed by atoms with Gasteiger partial charge in [-0.15, -0.1) is 0 Å². The molecule has 0 N–H and O–H groups in total. The molecule has 132 valence electrons. The molecule has 0 amide bonds. The Bertz CT molecular complexity index is 770. The molecule has 0 radical (unpaired) electrons. The van der Waals surface area contributed by atoms with Crippen molar-refractivity contribution in [3.8, 4) is 0 Å². The Morgan fingerprint density at radius 3 is 2.76 bits per heavy atom. The standard InChI is InChI=1S/C23H28OS/c1-22-10-7-17(24)13-16(22)3-4-18-20-6-5-19(15-9-12-25-14-15)23(20,2)11-8-21(18)22/h3,5,9,12,14,18,20-21H,4,6-8,10-11,13H2,1-2H3/t18-,20-,21-,22-,23+/m0/s1. The Labute approximate surface area is 155 Å². The fraction of sp³-hybridized carbons (Fsp3) is 0.609. The highest BCUT2D eigenvalue weighted by Crippen LogP contribution is 2.66. The molecule has 0 aliphatic heterocycles. The number of thiophene rings is 1. The van der Waals surface area contributed by atoms with E-state index in [0.29, 0.717) is 16.6 Å². The van der Waals surface area contributed by atoms with Crippen molar-refractivity contribution < 1.29 is 4.79 Å². The minimum absolute atomic E-state index is 0.295. The number of ketones is 1. The number of carbonyl (C=O) groups is 1. The minimum Gasteiger partial charge on any atom is -0.299 e. The van der Waals surface area contributed by atoms with Gasteiger partial charge in [0, 0.05) is 12.8 Å². The Morgan fingerprint density at radius 1 is 1.08 bits per heavy atom. The molecule has 2 fully saturated rings. The lowest BCUT2D eigenvalue weighted by atomic mass is 9.47. The van der Waals surface area contributed by atoms with Crippen LogP contribution in [0.3, 0.4) is 0 Å². The molecule has 5 rings (SSSR count). The van der Waals surface area contributed by atoms with Crippen LogP contribution < -0.4 is 0 Å². The summed E-state index contributed by atoms with van der Waals surface area (Å²) in [7, 11) is 0. The SMILES string of the molecule is C[C@]12CCC(=O)CC1=CC[C@@H]1[C@@H]2CC[C@]2(C)C(c3ccsc3)=CC[C@@H]12. The third-order valence-electron chi connectivity index (χ3n) is 8.35. The van der Waals surface area contributed by atoms with Crippen LogP contribution in [0.15, 0.2) is 34.6 Å². The first-order valence-corrected chi connectivity index (χ1v) is 10.9. The zero-order valence-electron chi connectivity index (χ0n) is 15.4. The summed E-state index contributed by atoms with van der Waals surface area (Å²) in [4.78, 5) is 12.0. The van der Waals surface area contributed by atoms with E-state index in [-0.39, 0.29) is 0 Å². The monoisotopic (exact) mass is 352 g/mol. The normalized spacial score (nSPS) is 43.0. The number of allylic oxidation sites excluding steroid dienone is 4. The number of fused-ring (bicyclic) bond motifs is 5. The predicted octanol–water partition coefficient (Wildman–Crippen LogP) is 6.27. The van der Waals surface area contributed by atoms with Crippen molar-refractivity contribution in [3.05, 3.63) is 40.1 Å². The maximum Gasteiger partial charge on any atom is 0.136 e. The van der Waals surface area contributed by atoms with Gasteiger partial charge >= 0.3 is 0 Å². The van der Waals surface area contributed by atoms with E-state index in [0.717, 1.165) is 37.0 Å². The molecule has 0 unspecified atom stereocenters. The van der Waals surface area contributed by atoms with Crippen LogP contribution in [0.5, 0.6) is 0 Å². The highest BCUT2D eigenvalue weighted by molar-refractivity contribution is 7.08. The highest BCUT2D eigenvalue weighted by atomic mass is 32.1. The molecule has 0 bridgehead atoms. The first-order valence-electron chi connectivity index (χ1n) is 9.97. The average Bonchev–Trinajstić information content (AvgIpc) is 3.22. The van der Waals surface area contributed by atoms with E-state index in [9.17, 15) is 4.79 Å². The first kappa shape index (κ1) is 16.1. The number of hydrogen-bond acceptors (Lipinski definition) is 2. The molecule has 0 saturated heterocycles. The molecule has 5 atom stereocenters. The fourth-order valence-electron chi connectivity index (χ4n) is 6.91. The molecule has 1 nitrogen and oxygen atoms in total. The lowest BCUT2D eigenvalue weighted by molar-refractivity contribution is -0.122. The third kappa shape index (κ3) is 2.16. The van der Waals surface area contributed by atoms with Crippen LogP contribution in [0.2, 0.25) is 0 Å². The lowest BCUT2D eigenvalue weighted by Crippen LogP contribution is -2.49. The second-order valence-corrected chi connectivity index (χ2v) is 10.1. The summed E-state index contributed by atoms with van der Waals surface area (Å²) in [5, 5.41) is 4.55. The van der Waals surface area contributed by atoms with Crippen molar-refractivity contribution >= 4 is 22.7 Å². The average molecular weight is 353 g/mol. The number of hydrogen-bond donors (Lipinski definition) is 0. The summed E-state index contributed by atoms with van der Waals surface area (Å²) in [6.45, 7) is 5.02. The van der Waals surface area contributed by atoms with E-state index >= 15 is 0 Å². The molecule has 25 heavy (non-hydrogen) atoms. The van der Waals surface area contributed by atoms with Crippen LogP contribution >= 0.6 is 11.3 Å². The maximum atomic E-state index is 12.0. The summed E-state index contributed by atoms with van der Waals surface area (Å²) in [5.74, 6) is 2.83. The number of Topliss-reactive ketones (excluding diaryl/α,β-unsaturated/α-hetero) is 1. The molecule has 4 aliphatic rings. The zero-order chi connectivity index (χ0) is 17.2. The Hall–Kier alpha value is -1.15. The van der Waals surface area contributed by atoms with Crippen molar-refractivity contribution in [2.75, 3.05) is 0 Å². The summed E-state index contributed by atoms with van der Waals surface area (Å²) in [5.41, 5.74) is 5.22. The van der Waals surface area contributed by atoms with E-state index < -0.39 is 0 Å². The van der Waals surface area contributed by atoms with Crippen LogP contribution in [-0.2, 0) is 4.79 Å². The van der Waals surface area contributed by atoms with Crippen molar-refractivity contribution in [2.24, 2.45) is 28.6 Å². The molecule has 1 heterocycles. The van der Waals surface area contributed by atoms with Gasteiger partial charge in [-0.3, -0.25) is 4.79 Å². The summed E-state index contributed by atoms with van der Waals surface area (Å²) in [6.07, 6.45) is 12.8. The molecular weight excluding hydrogens is 324 g/mol. The quantitative estimate of drug-likeness (QED) is 0.544.